The van der Waals surface area contributed by atoms with Gasteiger partial charge >= 0.3 is 0 Å². The van der Waals surface area contributed by atoms with Gasteiger partial charge in [0, 0.05) is 18.6 Å². The molecule has 1 aromatic rings. The fourth-order valence-corrected chi connectivity index (χ4v) is 3.24. The van der Waals surface area contributed by atoms with Crippen LogP contribution in [-0.2, 0) is 24.3 Å². The van der Waals surface area contributed by atoms with E-state index in [4.69, 9.17) is 25.8 Å². The van der Waals surface area contributed by atoms with Crippen molar-refractivity contribution in [1.82, 2.24) is 4.72 Å². The predicted molar refractivity (Wildman–Crippen MR) is 82.8 cm³/mol. The van der Waals surface area contributed by atoms with Gasteiger partial charge in [0.15, 0.2) is 0 Å². The van der Waals surface area contributed by atoms with Crippen LogP contribution in [0.4, 0.5) is 0 Å². The van der Waals surface area contributed by atoms with Gasteiger partial charge in [-0.2, -0.15) is 0 Å². The summed E-state index contributed by atoms with van der Waals surface area (Å²) in [5.74, 6) is -0.645. The van der Waals surface area contributed by atoms with Crippen molar-refractivity contribution in [1.29, 1.82) is 0 Å². The molecular weight excluding hydrogens is 346 g/mol. The Morgan fingerprint density at radius 1 is 1.39 bits per heavy atom. The molecule has 1 aromatic carbocycles. The van der Waals surface area contributed by atoms with Crippen LogP contribution in [0.5, 0.6) is 5.75 Å². The molecule has 0 aliphatic carbocycles. The molecule has 7 nitrogen and oxygen atoms in total. The maximum atomic E-state index is 12.4. The summed E-state index contributed by atoms with van der Waals surface area (Å²) in [5.41, 5.74) is 0.262. The number of halogens is 1. The Morgan fingerprint density at radius 2 is 2.17 bits per heavy atom. The molecule has 1 aliphatic heterocycles. The molecule has 0 atom stereocenters. The van der Waals surface area contributed by atoms with E-state index in [9.17, 15) is 13.2 Å². The summed E-state index contributed by atoms with van der Waals surface area (Å²) in [4.78, 5) is 11.7. The zero-order valence-corrected chi connectivity index (χ0v) is 13.9. The number of carbonyl (C=O) groups excluding carboxylic acids is 1. The molecule has 9 heteroatoms. The number of hydrogen-bond donors (Lipinski definition) is 1. The number of sulfonamides is 1. The number of nitrogens with one attached hydrogen (secondary N) is 1. The van der Waals surface area contributed by atoms with Gasteiger partial charge in [-0.1, -0.05) is 11.6 Å². The van der Waals surface area contributed by atoms with Crippen LogP contribution in [0.25, 0.3) is 0 Å². The topological polar surface area (TPSA) is 90.9 Å². The second-order valence-electron chi connectivity index (χ2n) is 4.63. The number of hydrogen-bond acceptors (Lipinski definition) is 6. The molecule has 1 aliphatic rings. The van der Waals surface area contributed by atoms with Gasteiger partial charge in [0.1, 0.15) is 17.3 Å². The molecule has 0 fully saturated rings. The van der Waals surface area contributed by atoms with Gasteiger partial charge in [-0.25, -0.2) is 13.1 Å². The third kappa shape index (κ3) is 4.60. The lowest BCUT2D eigenvalue weighted by molar-refractivity contribution is -0.115. The summed E-state index contributed by atoms with van der Waals surface area (Å²) in [6.45, 7) is 0.803. The van der Waals surface area contributed by atoms with Gasteiger partial charge in [-0.3, -0.25) is 4.79 Å². The first-order valence-electron chi connectivity index (χ1n) is 6.73. The normalized spacial score (nSPS) is 14.1. The van der Waals surface area contributed by atoms with Crippen molar-refractivity contribution in [2.75, 3.05) is 26.9 Å². The van der Waals surface area contributed by atoms with E-state index in [1.54, 1.807) is 0 Å². The number of amides is 1. The number of carbonyl (C=O) groups is 1. The molecule has 0 radical (unpaired) electrons. The van der Waals surface area contributed by atoms with Crippen molar-refractivity contribution in [3.05, 3.63) is 35.1 Å². The first-order valence-corrected chi connectivity index (χ1v) is 8.59. The predicted octanol–water partition coefficient (Wildman–Crippen LogP) is 1.47. The number of methoxy groups -OCH3 is 1. The minimum absolute atomic E-state index is 0.0865. The van der Waals surface area contributed by atoms with Crippen molar-refractivity contribution in [3.63, 3.8) is 0 Å². The van der Waals surface area contributed by atoms with Crippen LogP contribution >= 0.6 is 11.6 Å². The molecule has 0 unspecified atom stereocenters. The van der Waals surface area contributed by atoms with E-state index in [2.05, 4.69) is 0 Å². The monoisotopic (exact) mass is 361 g/mol. The summed E-state index contributed by atoms with van der Waals surface area (Å²) in [5, 5.41) is 0.209. The van der Waals surface area contributed by atoms with E-state index < -0.39 is 15.9 Å². The molecule has 1 N–H and O–H groups in total. The van der Waals surface area contributed by atoms with E-state index >= 15 is 0 Å². The molecule has 1 heterocycles. The van der Waals surface area contributed by atoms with Crippen LogP contribution < -0.4 is 9.46 Å². The Hall–Kier alpha value is -1.77. The Balaban J connectivity index is 2.23. The highest BCUT2D eigenvalue weighted by molar-refractivity contribution is 7.90. The lowest BCUT2D eigenvalue weighted by Crippen LogP contribution is -2.31. The molecule has 0 saturated carbocycles. The fourth-order valence-electron chi connectivity index (χ4n) is 1.84. The average molecular weight is 362 g/mol. The quantitative estimate of drug-likeness (QED) is 0.740. The fraction of sp³-hybridized carbons (Fsp3) is 0.357. The zero-order chi connectivity index (χ0) is 16.9. The SMILES string of the molecule is COCCOc1ccc(Cl)cc1S(=O)(=O)NC(=O)C1=COCC1. The van der Waals surface area contributed by atoms with Gasteiger partial charge in [-0.05, 0) is 18.2 Å². The van der Waals surface area contributed by atoms with Crippen LogP contribution in [0.1, 0.15) is 6.42 Å². The molecular formula is C14H16ClNO6S. The molecule has 0 aromatic heterocycles. The van der Waals surface area contributed by atoms with Crippen LogP contribution in [0.2, 0.25) is 5.02 Å². The summed E-state index contributed by atoms with van der Waals surface area (Å²) >= 11 is 5.86. The van der Waals surface area contributed by atoms with Crippen molar-refractivity contribution in [2.45, 2.75) is 11.3 Å². The second-order valence-corrected chi connectivity index (χ2v) is 6.72. The van der Waals surface area contributed by atoms with E-state index in [0.717, 1.165) is 0 Å². The Bertz CT molecular complexity index is 716. The van der Waals surface area contributed by atoms with E-state index in [1.165, 1.54) is 31.6 Å². The number of rotatable bonds is 7. The highest BCUT2D eigenvalue weighted by Crippen LogP contribution is 2.27. The largest absolute Gasteiger partial charge is 0.500 e. The first kappa shape index (κ1) is 17.6. The highest BCUT2D eigenvalue weighted by atomic mass is 35.5. The van der Waals surface area contributed by atoms with Gasteiger partial charge < -0.3 is 14.2 Å². The van der Waals surface area contributed by atoms with Crippen LogP contribution in [0.3, 0.4) is 0 Å². The van der Waals surface area contributed by atoms with Crippen molar-refractivity contribution in [2.24, 2.45) is 0 Å². The zero-order valence-electron chi connectivity index (χ0n) is 12.4. The number of benzene rings is 1. The smallest absolute Gasteiger partial charge is 0.268 e. The average Bonchev–Trinajstić information content (AvgIpc) is 3.03. The minimum atomic E-state index is -4.13. The maximum absolute atomic E-state index is 12.4. The molecule has 0 spiro atoms. The van der Waals surface area contributed by atoms with E-state index in [0.29, 0.717) is 19.6 Å². The van der Waals surface area contributed by atoms with Crippen molar-refractivity contribution >= 4 is 27.5 Å². The van der Waals surface area contributed by atoms with Crippen molar-refractivity contribution in [3.8, 4) is 5.75 Å². The standard InChI is InChI=1S/C14H16ClNO6S/c1-20-6-7-22-12-3-2-11(15)8-13(12)23(18,19)16-14(17)10-4-5-21-9-10/h2-3,8-9H,4-7H2,1H3,(H,16,17). The molecule has 0 saturated heterocycles. The second kappa shape index (κ2) is 7.67. The summed E-state index contributed by atoms with van der Waals surface area (Å²) in [7, 11) is -2.63. The molecule has 2 rings (SSSR count). The molecule has 126 valence electrons. The highest BCUT2D eigenvalue weighted by Gasteiger charge is 2.25. The van der Waals surface area contributed by atoms with Crippen LogP contribution in [-0.4, -0.2) is 41.3 Å². The third-order valence-electron chi connectivity index (χ3n) is 2.97. The summed E-state index contributed by atoms with van der Waals surface area (Å²) in [6.07, 6.45) is 1.60. The van der Waals surface area contributed by atoms with Crippen LogP contribution in [0.15, 0.2) is 34.9 Å². The van der Waals surface area contributed by atoms with Gasteiger partial charge in [0.05, 0.1) is 25.0 Å². The lowest BCUT2D eigenvalue weighted by atomic mass is 10.2. The summed E-state index contributed by atoms with van der Waals surface area (Å²) < 4.78 is 42.0. The van der Waals surface area contributed by atoms with Gasteiger partial charge in [0.25, 0.3) is 15.9 Å². The lowest BCUT2D eigenvalue weighted by Gasteiger charge is -2.13. The third-order valence-corrected chi connectivity index (χ3v) is 4.56. The molecule has 0 bridgehead atoms. The Kier molecular flexibility index (Phi) is 5.86. The van der Waals surface area contributed by atoms with E-state index in [1.807, 2.05) is 4.72 Å². The van der Waals surface area contributed by atoms with E-state index in [-0.39, 0.29) is 27.8 Å². The van der Waals surface area contributed by atoms with Gasteiger partial charge in [0.2, 0.25) is 0 Å². The minimum Gasteiger partial charge on any atom is -0.500 e. The van der Waals surface area contributed by atoms with Crippen molar-refractivity contribution < 1.29 is 27.4 Å². The molecule has 1 amide bonds. The maximum Gasteiger partial charge on any atom is 0.268 e. The Morgan fingerprint density at radius 3 is 2.83 bits per heavy atom. The van der Waals surface area contributed by atoms with Gasteiger partial charge in [-0.15, -0.1) is 0 Å². The Labute approximate surface area is 139 Å². The number of ether oxygens (including phenoxy) is 3. The first-order chi connectivity index (χ1) is 10.9. The summed E-state index contributed by atoms with van der Waals surface area (Å²) in [6, 6.07) is 4.14. The van der Waals surface area contributed by atoms with Crippen LogP contribution in [0, 0.1) is 0 Å². The molecule has 23 heavy (non-hydrogen) atoms.